The highest BCUT2D eigenvalue weighted by atomic mass is 32.1. The number of nitrogens with zero attached hydrogens (tertiary/aromatic N) is 2. The van der Waals surface area contributed by atoms with Crippen LogP contribution in [0.1, 0.15) is 26.6 Å². The molecule has 6 nitrogen and oxygen atoms in total. The van der Waals surface area contributed by atoms with Gasteiger partial charge in [-0.1, -0.05) is 6.07 Å². The lowest BCUT2D eigenvalue weighted by Gasteiger charge is -2.18. The number of hydrogen-bond acceptors (Lipinski definition) is 4. The van der Waals surface area contributed by atoms with E-state index in [9.17, 15) is 9.59 Å². The summed E-state index contributed by atoms with van der Waals surface area (Å²) >= 11 is 1.56. The average molecular weight is 332 g/mol. The number of rotatable bonds is 4. The van der Waals surface area contributed by atoms with Crippen LogP contribution in [0.15, 0.2) is 23.6 Å². The topological polar surface area (TPSA) is 74.3 Å². The van der Waals surface area contributed by atoms with Gasteiger partial charge in [-0.05, 0) is 31.5 Å². The van der Waals surface area contributed by atoms with Crippen LogP contribution >= 0.6 is 11.3 Å². The van der Waals surface area contributed by atoms with Crippen LogP contribution < -0.4 is 10.6 Å². The molecule has 122 valence electrons. The first-order valence-corrected chi connectivity index (χ1v) is 8.05. The maximum atomic E-state index is 12.3. The van der Waals surface area contributed by atoms with Crippen molar-refractivity contribution in [1.82, 2.24) is 15.2 Å². The molecule has 0 saturated heterocycles. The van der Waals surface area contributed by atoms with E-state index in [-0.39, 0.29) is 11.9 Å². The Kier molecular flexibility index (Phi) is 5.33. The largest absolute Gasteiger partial charge is 0.355 e. The minimum absolute atomic E-state index is 0.176. The molecule has 1 aromatic carbocycles. The van der Waals surface area contributed by atoms with E-state index in [4.69, 9.17) is 0 Å². The van der Waals surface area contributed by atoms with E-state index >= 15 is 0 Å². The van der Waals surface area contributed by atoms with E-state index in [1.54, 1.807) is 48.5 Å². The molecular formula is C16H20N4O2S. The maximum Gasteiger partial charge on any atom is 0.321 e. The standard InChI is InChI=1S/C16H20N4O2S/c1-10-13(15(21)17-3)6-5-7-14(10)19-16(22)20(4)8-12-9-23-11(2)18-12/h5-7,9H,8H2,1-4H3,(H,17,21)(H,19,22). The first kappa shape index (κ1) is 17.0. The number of thiazole rings is 1. The second-order valence-corrected chi connectivity index (χ2v) is 6.26. The van der Waals surface area contributed by atoms with Gasteiger partial charge >= 0.3 is 6.03 Å². The summed E-state index contributed by atoms with van der Waals surface area (Å²) in [7, 11) is 3.29. The van der Waals surface area contributed by atoms with Crippen molar-refractivity contribution in [3.05, 3.63) is 45.4 Å². The quantitative estimate of drug-likeness (QED) is 0.904. The van der Waals surface area contributed by atoms with Gasteiger partial charge in [0.1, 0.15) is 0 Å². The van der Waals surface area contributed by atoms with Crippen LogP contribution in [0.3, 0.4) is 0 Å². The van der Waals surface area contributed by atoms with Gasteiger partial charge in [0.25, 0.3) is 5.91 Å². The van der Waals surface area contributed by atoms with E-state index in [2.05, 4.69) is 15.6 Å². The fourth-order valence-electron chi connectivity index (χ4n) is 2.16. The van der Waals surface area contributed by atoms with Gasteiger partial charge in [-0.25, -0.2) is 9.78 Å². The fourth-order valence-corrected chi connectivity index (χ4v) is 2.76. The number of nitrogens with one attached hydrogen (secondary N) is 2. The van der Waals surface area contributed by atoms with Crippen LogP contribution in [0, 0.1) is 13.8 Å². The van der Waals surface area contributed by atoms with Crippen molar-refractivity contribution in [3.8, 4) is 0 Å². The molecule has 0 fully saturated rings. The molecule has 0 radical (unpaired) electrons. The highest BCUT2D eigenvalue weighted by Gasteiger charge is 2.15. The summed E-state index contributed by atoms with van der Waals surface area (Å²) in [5.74, 6) is -0.176. The molecule has 2 rings (SSSR count). The number of amides is 3. The van der Waals surface area contributed by atoms with Crippen LogP contribution in [0.25, 0.3) is 0 Å². The summed E-state index contributed by atoms with van der Waals surface area (Å²) < 4.78 is 0. The smallest absolute Gasteiger partial charge is 0.321 e. The van der Waals surface area contributed by atoms with E-state index in [1.165, 1.54) is 0 Å². The lowest BCUT2D eigenvalue weighted by molar-refractivity contribution is 0.0962. The molecule has 0 saturated carbocycles. The van der Waals surface area contributed by atoms with Gasteiger partial charge < -0.3 is 15.5 Å². The van der Waals surface area contributed by atoms with Crippen LogP contribution in [0.4, 0.5) is 10.5 Å². The van der Waals surface area contributed by atoms with Gasteiger partial charge in [-0.2, -0.15) is 0 Å². The van der Waals surface area contributed by atoms with Crippen LogP contribution in [0.5, 0.6) is 0 Å². The zero-order valence-electron chi connectivity index (χ0n) is 13.6. The Morgan fingerprint density at radius 3 is 2.65 bits per heavy atom. The normalized spacial score (nSPS) is 10.3. The number of carbonyl (C=O) groups excluding carboxylic acids is 2. The summed E-state index contributed by atoms with van der Waals surface area (Å²) in [6.07, 6.45) is 0. The zero-order chi connectivity index (χ0) is 17.0. The van der Waals surface area contributed by atoms with Crippen molar-refractivity contribution in [2.75, 3.05) is 19.4 Å². The average Bonchev–Trinajstić information content (AvgIpc) is 2.93. The number of urea groups is 1. The third-order valence-electron chi connectivity index (χ3n) is 3.46. The predicted octanol–water partition coefficient (Wildman–Crippen LogP) is 2.78. The monoisotopic (exact) mass is 332 g/mol. The Labute approximate surface area is 139 Å². The van der Waals surface area contributed by atoms with Crippen molar-refractivity contribution in [1.29, 1.82) is 0 Å². The molecule has 0 spiro atoms. The second-order valence-electron chi connectivity index (χ2n) is 5.20. The van der Waals surface area contributed by atoms with E-state index in [0.29, 0.717) is 17.8 Å². The highest BCUT2D eigenvalue weighted by Crippen LogP contribution is 2.19. The molecule has 7 heteroatoms. The maximum absolute atomic E-state index is 12.3. The Bertz CT molecular complexity index is 727. The first-order valence-electron chi connectivity index (χ1n) is 7.17. The Balaban J connectivity index is 2.09. The summed E-state index contributed by atoms with van der Waals surface area (Å²) in [6.45, 7) is 4.18. The Morgan fingerprint density at radius 2 is 2.04 bits per heavy atom. The lowest BCUT2D eigenvalue weighted by atomic mass is 10.1. The second kappa shape index (κ2) is 7.23. The van der Waals surface area contributed by atoms with Crippen molar-refractivity contribution in [3.63, 3.8) is 0 Å². The SMILES string of the molecule is CNC(=O)c1cccc(NC(=O)N(C)Cc2csc(C)n2)c1C. The van der Waals surface area contributed by atoms with Crippen molar-refractivity contribution in [2.45, 2.75) is 20.4 Å². The molecule has 0 aliphatic heterocycles. The number of aryl methyl sites for hydroxylation is 1. The molecule has 1 heterocycles. The molecule has 2 N–H and O–H groups in total. The molecule has 3 amide bonds. The number of benzene rings is 1. The molecule has 0 aliphatic rings. The Morgan fingerprint density at radius 1 is 1.30 bits per heavy atom. The van der Waals surface area contributed by atoms with Crippen molar-refractivity contribution in [2.24, 2.45) is 0 Å². The number of carbonyl (C=O) groups is 2. The molecule has 1 aromatic heterocycles. The van der Waals surface area contributed by atoms with Gasteiger partial charge in [0, 0.05) is 30.7 Å². The van der Waals surface area contributed by atoms with Crippen molar-refractivity contribution < 1.29 is 9.59 Å². The van der Waals surface area contributed by atoms with E-state index < -0.39 is 0 Å². The highest BCUT2D eigenvalue weighted by molar-refractivity contribution is 7.09. The van der Waals surface area contributed by atoms with E-state index in [1.807, 2.05) is 19.2 Å². The van der Waals surface area contributed by atoms with Crippen LogP contribution in [-0.2, 0) is 6.54 Å². The molecule has 0 bridgehead atoms. The molecule has 23 heavy (non-hydrogen) atoms. The van der Waals surface area contributed by atoms with Crippen LogP contribution in [0.2, 0.25) is 0 Å². The summed E-state index contributed by atoms with van der Waals surface area (Å²) in [5.41, 5.74) is 2.76. The lowest BCUT2D eigenvalue weighted by Crippen LogP contribution is -2.31. The third-order valence-corrected chi connectivity index (χ3v) is 4.28. The van der Waals surface area contributed by atoms with Gasteiger partial charge in [0.15, 0.2) is 0 Å². The summed E-state index contributed by atoms with van der Waals surface area (Å²) in [6, 6.07) is 5.01. The molecule has 0 unspecified atom stereocenters. The summed E-state index contributed by atoms with van der Waals surface area (Å²) in [4.78, 5) is 30.0. The van der Waals surface area contributed by atoms with Gasteiger partial charge in [-0.3, -0.25) is 4.79 Å². The fraction of sp³-hybridized carbons (Fsp3) is 0.312. The van der Waals surface area contributed by atoms with Gasteiger partial charge in [0.05, 0.1) is 17.2 Å². The first-order chi connectivity index (χ1) is 10.9. The summed E-state index contributed by atoms with van der Waals surface area (Å²) in [5, 5.41) is 8.35. The van der Waals surface area contributed by atoms with Crippen LogP contribution in [-0.4, -0.2) is 35.9 Å². The molecule has 0 atom stereocenters. The predicted molar refractivity (Wildman–Crippen MR) is 91.9 cm³/mol. The van der Waals surface area contributed by atoms with Gasteiger partial charge in [0.2, 0.25) is 0 Å². The molecular weight excluding hydrogens is 312 g/mol. The van der Waals surface area contributed by atoms with E-state index in [0.717, 1.165) is 16.3 Å². The number of anilines is 1. The zero-order valence-corrected chi connectivity index (χ0v) is 14.5. The minimum atomic E-state index is -0.243. The molecule has 0 aliphatic carbocycles. The third kappa shape index (κ3) is 4.07. The number of hydrogen-bond donors (Lipinski definition) is 2. The van der Waals surface area contributed by atoms with Gasteiger partial charge in [-0.15, -0.1) is 11.3 Å². The minimum Gasteiger partial charge on any atom is -0.355 e. The molecule has 2 aromatic rings. The Hall–Kier alpha value is -2.41. The van der Waals surface area contributed by atoms with Crippen molar-refractivity contribution >= 4 is 29.0 Å². The number of aromatic nitrogens is 1.